The number of hydrogen-bond acceptors (Lipinski definition) is 9. The minimum atomic E-state index is -0.742. The van der Waals surface area contributed by atoms with Gasteiger partial charge in [0.05, 0.1) is 11.0 Å². The number of carbonyl (C=O) groups is 5. The van der Waals surface area contributed by atoms with E-state index in [1.807, 2.05) is 32.7 Å². The number of aryl methyl sites for hydroxylation is 1. The number of piperidine rings is 1. The van der Waals surface area contributed by atoms with Gasteiger partial charge in [0.1, 0.15) is 11.7 Å². The SMILES string of the molecule is CCCC(=O)OCN(CCCc1nc(C(=O)NCC[C@H](C)C(=O)NC)cs1)C(=O)[C@@H](NC(=O)[C@H]1CCCCN1C)C(C)CC. The summed E-state index contributed by atoms with van der Waals surface area (Å²) in [5, 5.41) is 10.9. The molecule has 1 saturated heterocycles. The Hall–Kier alpha value is -3.06. The molecule has 2 rings (SSSR count). The van der Waals surface area contributed by atoms with Gasteiger partial charge in [-0.2, -0.15) is 0 Å². The van der Waals surface area contributed by atoms with Crippen molar-refractivity contribution in [3.8, 4) is 0 Å². The maximum absolute atomic E-state index is 13.9. The van der Waals surface area contributed by atoms with Gasteiger partial charge in [-0.05, 0) is 51.6 Å². The van der Waals surface area contributed by atoms with Crippen molar-refractivity contribution in [3.63, 3.8) is 0 Å². The molecule has 0 saturated carbocycles. The van der Waals surface area contributed by atoms with Crippen molar-refractivity contribution in [1.29, 1.82) is 0 Å². The fourth-order valence-electron chi connectivity index (χ4n) is 5.02. The van der Waals surface area contributed by atoms with Crippen LogP contribution >= 0.6 is 11.3 Å². The minimum Gasteiger partial charge on any atom is -0.444 e. The van der Waals surface area contributed by atoms with Gasteiger partial charge in [0, 0.05) is 44.3 Å². The predicted octanol–water partition coefficient (Wildman–Crippen LogP) is 2.72. The molecule has 13 heteroatoms. The molecule has 1 aliphatic rings. The lowest BCUT2D eigenvalue weighted by atomic mass is 9.96. The minimum absolute atomic E-state index is 0.0717. The smallest absolute Gasteiger partial charge is 0.307 e. The molecular weight excluding hydrogens is 584 g/mol. The van der Waals surface area contributed by atoms with Crippen LogP contribution in [0.15, 0.2) is 5.38 Å². The van der Waals surface area contributed by atoms with Crippen molar-refractivity contribution >= 4 is 40.9 Å². The Labute approximate surface area is 266 Å². The first-order valence-electron chi connectivity index (χ1n) is 15.9. The van der Waals surface area contributed by atoms with Crippen molar-refractivity contribution in [2.75, 3.05) is 40.5 Å². The number of nitrogens with zero attached hydrogens (tertiary/aromatic N) is 3. The van der Waals surface area contributed by atoms with Gasteiger partial charge >= 0.3 is 5.97 Å². The standard InChI is InChI=1S/C31H52N6O6S/c1-7-12-26(38)43-20-37(31(42)27(21(3)8-2)35-30(41)24-13-9-10-17-36(24)6)18-11-14-25-34-23(19-44-25)29(40)33-16-15-22(4)28(39)32-5/h19,21-22,24,27H,7-18,20H2,1-6H3,(H,32,39)(H,33,40)(H,35,41)/t21?,22-,24+,27-/m0/s1. The van der Waals surface area contributed by atoms with Crippen molar-refractivity contribution in [3.05, 3.63) is 16.1 Å². The quantitative estimate of drug-likeness (QED) is 0.165. The third-order valence-corrected chi connectivity index (χ3v) is 9.07. The average molecular weight is 637 g/mol. The summed E-state index contributed by atoms with van der Waals surface area (Å²) < 4.78 is 5.44. The number of hydrogen-bond donors (Lipinski definition) is 3. The zero-order valence-corrected chi connectivity index (χ0v) is 28.1. The van der Waals surface area contributed by atoms with Gasteiger partial charge in [-0.25, -0.2) is 4.98 Å². The number of ether oxygens (including phenoxy) is 1. The van der Waals surface area contributed by atoms with Crippen LogP contribution in [0, 0.1) is 11.8 Å². The van der Waals surface area contributed by atoms with Gasteiger partial charge in [0.25, 0.3) is 5.91 Å². The summed E-state index contributed by atoms with van der Waals surface area (Å²) in [7, 11) is 3.52. The molecule has 0 aromatic carbocycles. The molecule has 1 aromatic rings. The monoisotopic (exact) mass is 636 g/mol. The Morgan fingerprint density at radius 2 is 1.93 bits per heavy atom. The van der Waals surface area contributed by atoms with Crippen LogP contribution in [0.5, 0.6) is 0 Å². The van der Waals surface area contributed by atoms with Crippen molar-refractivity contribution in [2.45, 2.75) is 97.6 Å². The van der Waals surface area contributed by atoms with Gasteiger partial charge in [-0.1, -0.05) is 40.5 Å². The van der Waals surface area contributed by atoms with Crippen LogP contribution in [-0.2, 0) is 30.3 Å². The molecule has 1 aromatic heterocycles. The Morgan fingerprint density at radius 3 is 2.59 bits per heavy atom. The van der Waals surface area contributed by atoms with Crippen LogP contribution in [0.25, 0.3) is 0 Å². The van der Waals surface area contributed by atoms with E-state index >= 15 is 0 Å². The molecule has 0 aliphatic carbocycles. The molecule has 0 spiro atoms. The fourth-order valence-corrected chi connectivity index (χ4v) is 5.84. The van der Waals surface area contributed by atoms with Crippen molar-refractivity contribution < 1.29 is 28.7 Å². The predicted molar refractivity (Wildman–Crippen MR) is 170 cm³/mol. The number of rotatable bonds is 18. The fraction of sp³-hybridized carbons (Fsp3) is 0.742. The van der Waals surface area contributed by atoms with E-state index in [0.717, 1.165) is 30.8 Å². The number of likely N-dealkylation sites (tertiary alicyclic amines) is 1. The number of likely N-dealkylation sites (N-methyl/N-ethyl adjacent to an activating group) is 1. The first kappa shape index (κ1) is 37.1. The molecule has 1 aliphatic heterocycles. The molecular formula is C31H52N6O6S. The van der Waals surface area contributed by atoms with Gasteiger partial charge in [0.2, 0.25) is 17.7 Å². The Balaban J connectivity index is 2.04. The maximum atomic E-state index is 13.9. The van der Waals surface area contributed by atoms with E-state index in [4.69, 9.17) is 4.74 Å². The van der Waals surface area contributed by atoms with E-state index < -0.39 is 6.04 Å². The third-order valence-electron chi connectivity index (χ3n) is 8.16. The summed E-state index contributed by atoms with van der Waals surface area (Å²) in [6.07, 6.45) is 5.93. The van der Waals surface area contributed by atoms with E-state index in [-0.39, 0.29) is 60.6 Å². The Morgan fingerprint density at radius 1 is 1.18 bits per heavy atom. The lowest BCUT2D eigenvalue weighted by molar-refractivity contribution is -0.155. The zero-order valence-electron chi connectivity index (χ0n) is 27.3. The lowest BCUT2D eigenvalue weighted by Gasteiger charge is -2.35. The molecule has 4 atom stereocenters. The highest BCUT2D eigenvalue weighted by Gasteiger charge is 2.34. The van der Waals surface area contributed by atoms with Crippen LogP contribution in [0.3, 0.4) is 0 Å². The number of aromatic nitrogens is 1. The number of thiazole rings is 1. The van der Waals surface area contributed by atoms with Crippen LogP contribution in [-0.4, -0.2) is 96.9 Å². The van der Waals surface area contributed by atoms with Crippen molar-refractivity contribution in [2.24, 2.45) is 11.8 Å². The summed E-state index contributed by atoms with van der Waals surface area (Å²) in [4.78, 5) is 71.5. The summed E-state index contributed by atoms with van der Waals surface area (Å²) >= 11 is 1.36. The molecule has 1 unspecified atom stereocenters. The second-order valence-electron chi connectivity index (χ2n) is 11.7. The molecule has 44 heavy (non-hydrogen) atoms. The van der Waals surface area contributed by atoms with E-state index in [2.05, 4.69) is 20.9 Å². The number of amides is 4. The molecule has 248 valence electrons. The Bertz CT molecular complexity index is 1100. The second-order valence-corrected chi connectivity index (χ2v) is 12.6. The number of esters is 1. The highest BCUT2D eigenvalue weighted by molar-refractivity contribution is 7.09. The summed E-state index contributed by atoms with van der Waals surface area (Å²) in [5.41, 5.74) is 0.311. The first-order valence-corrected chi connectivity index (χ1v) is 16.8. The Kier molecular flexibility index (Phi) is 16.3. The number of carbonyl (C=O) groups excluding carboxylic acids is 5. The maximum Gasteiger partial charge on any atom is 0.307 e. The van der Waals surface area contributed by atoms with E-state index in [0.29, 0.717) is 50.9 Å². The molecule has 0 radical (unpaired) electrons. The summed E-state index contributed by atoms with van der Waals surface area (Å²) in [6, 6.07) is -1.01. The highest BCUT2D eigenvalue weighted by Crippen LogP contribution is 2.18. The summed E-state index contributed by atoms with van der Waals surface area (Å²) in [5.74, 6) is -1.50. The average Bonchev–Trinajstić information content (AvgIpc) is 3.49. The van der Waals surface area contributed by atoms with Gasteiger partial charge in [0.15, 0.2) is 6.73 Å². The van der Waals surface area contributed by atoms with Gasteiger partial charge in [-0.3, -0.25) is 28.9 Å². The van der Waals surface area contributed by atoms with Crippen LogP contribution in [0.2, 0.25) is 0 Å². The third kappa shape index (κ3) is 11.8. The summed E-state index contributed by atoms with van der Waals surface area (Å²) in [6.45, 7) is 8.92. The lowest BCUT2D eigenvalue weighted by Crippen LogP contribution is -2.57. The van der Waals surface area contributed by atoms with E-state index in [1.54, 1.807) is 19.4 Å². The van der Waals surface area contributed by atoms with E-state index in [1.165, 1.54) is 16.2 Å². The molecule has 4 amide bonds. The topological polar surface area (TPSA) is 150 Å². The first-order chi connectivity index (χ1) is 21.0. The van der Waals surface area contributed by atoms with E-state index in [9.17, 15) is 24.0 Å². The molecule has 3 N–H and O–H groups in total. The molecule has 0 bridgehead atoms. The van der Waals surface area contributed by atoms with Crippen LogP contribution < -0.4 is 16.0 Å². The van der Waals surface area contributed by atoms with Crippen LogP contribution in [0.1, 0.15) is 94.6 Å². The molecule has 1 fully saturated rings. The molecule has 2 heterocycles. The normalized spacial score (nSPS) is 17.2. The number of nitrogens with one attached hydrogen (secondary N) is 3. The zero-order chi connectivity index (χ0) is 32.6. The second kappa shape index (κ2) is 19.4. The molecule has 12 nitrogen and oxygen atoms in total. The van der Waals surface area contributed by atoms with Gasteiger partial charge < -0.3 is 25.6 Å². The largest absolute Gasteiger partial charge is 0.444 e. The van der Waals surface area contributed by atoms with Crippen LogP contribution in [0.4, 0.5) is 0 Å². The van der Waals surface area contributed by atoms with Crippen molar-refractivity contribution in [1.82, 2.24) is 30.7 Å². The highest BCUT2D eigenvalue weighted by atomic mass is 32.1. The van der Waals surface area contributed by atoms with Gasteiger partial charge in [-0.15, -0.1) is 11.3 Å².